The SMILES string of the molecule is CC(C)(CCNC(=S)NCCC(C)(C)n1c(O)c2c(cc1=O)SCC2)n1c(O)c2c(cc1=O)SCC2. The molecule has 196 valence electrons. The lowest BCUT2D eigenvalue weighted by molar-refractivity contribution is 0.268. The molecule has 2 aromatic rings. The fourth-order valence-corrected chi connectivity index (χ4v) is 7.26. The van der Waals surface area contributed by atoms with Crippen LogP contribution in [0.2, 0.25) is 0 Å². The first kappa shape index (κ1) is 26.9. The van der Waals surface area contributed by atoms with Crippen molar-refractivity contribution in [2.75, 3.05) is 24.6 Å². The number of fused-ring (bicyclic) bond motifs is 2. The summed E-state index contributed by atoms with van der Waals surface area (Å²) < 4.78 is 2.97. The lowest BCUT2D eigenvalue weighted by atomic mass is 9.99. The quantitative estimate of drug-likeness (QED) is 0.369. The van der Waals surface area contributed by atoms with Gasteiger partial charge in [0.25, 0.3) is 11.1 Å². The van der Waals surface area contributed by atoms with Crippen LogP contribution in [0.25, 0.3) is 0 Å². The number of hydrogen-bond donors (Lipinski definition) is 4. The van der Waals surface area contributed by atoms with E-state index in [1.54, 1.807) is 35.7 Å². The first-order valence-corrected chi connectivity index (χ1v) is 14.5. The summed E-state index contributed by atoms with van der Waals surface area (Å²) >= 11 is 8.65. The number of hydrogen-bond acceptors (Lipinski definition) is 7. The summed E-state index contributed by atoms with van der Waals surface area (Å²) in [5, 5.41) is 28.4. The maximum atomic E-state index is 12.7. The number of aromatic nitrogens is 2. The second-order valence-electron chi connectivity index (χ2n) is 10.5. The van der Waals surface area contributed by atoms with E-state index in [-0.39, 0.29) is 22.9 Å². The summed E-state index contributed by atoms with van der Waals surface area (Å²) in [5.41, 5.74) is 0.117. The molecule has 36 heavy (non-hydrogen) atoms. The highest BCUT2D eigenvalue weighted by Gasteiger charge is 2.30. The summed E-state index contributed by atoms with van der Waals surface area (Å²) in [6, 6.07) is 3.25. The zero-order valence-electron chi connectivity index (χ0n) is 21.1. The lowest BCUT2D eigenvalue weighted by Gasteiger charge is -2.30. The fourth-order valence-electron chi connectivity index (χ4n) is 4.90. The number of nitrogens with zero attached hydrogens (tertiary/aromatic N) is 2. The first-order chi connectivity index (χ1) is 16.9. The van der Waals surface area contributed by atoms with E-state index in [4.69, 9.17) is 12.2 Å². The molecule has 0 radical (unpaired) electrons. The van der Waals surface area contributed by atoms with Crippen molar-refractivity contribution in [1.82, 2.24) is 19.8 Å². The molecule has 0 unspecified atom stereocenters. The topological polar surface area (TPSA) is 109 Å². The molecule has 11 heteroatoms. The van der Waals surface area contributed by atoms with Gasteiger partial charge in [-0.25, -0.2) is 0 Å². The Morgan fingerprint density at radius 2 is 1.25 bits per heavy atom. The minimum absolute atomic E-state index is 0.0686. The molecule has 8 nitrogen and oxygen atoms in total. The second kappa shape index (κ2) is 10.3. The van der Waals surface area contributed by atoms with E-state index in [0.29, 0.717) is 31.0 Å². The average Bonchev–Trinajstić information content (AvgIpc) is 3.42. The van der Waals surface area contributed by atoms with Gasteiger partial charge in [-0.2, -0.15) is 0 Å². The smallest absolute Gasteiger partial charge is 0.254 e. The summed E-state index contributed by atoms with van der Waals surface area (Å²) in [4.78, 5) is 27.1. The molecule has 0 saturated heterocycles. The third kappa shape index (κ3) is 5.28. The third-order valence-electron chi connectivity index (χ3n) is 6.98. The largest absolute Gasteiger partial charge is 0.494 e. The normalized spacial score (nSPS) is 15.0. The highest BCUT2D eigenvalue weighted by atomic mass is 32.2. The molecule has 0 saturated carbocycles. The summed E-state index contributed by atoms with van der Waals surface area (Å²) in [5.74, 6) is 1.90. The standard InChI is InChI=1S/C25H34N4O4S3/c1-24(2,28-19(30)13-17-15(21(28)32)5-11-35-17)7-9-26-23(34)27-10-8-25(3,4)29-20(31)14-18-16(22(29)33)6-12-36-18/h13-14,32-33H,5-12H2,1-4H3,(H2,26,27,34). The van der Waals surface area contributed by atoms with Crippen molar-refractivity contribution in [3.05, 3.63) is 44.0 Å². The van der Waals surface area contributed by atoms with Gasteiger partial charge in [-0.15, -0.1) is 23.5 Å². The maximum Gasteiger partial charge on any atom is 0.254 e. The highest BCUT2D eigenvalue weighted by molar-refractivity contribution is 7.99. The van der Waals surface area contributed by atoms with Gasteiger partial charge < -0.3 is 20.8 Å². The van der Waals surface area contributed by atoms with E-state index in [2.05, 4.69) is 10.6 Å². The van der Waals surface area contributed by atoms with E-state index < -0.39 is 11.1 Å². The van der Waals surface area contributed by atoms with Gasteiger partial charge in [-0.1, -0.05) is 0 Å². The number of thioether (sulfide) groups is 2. The Hall–Kier alpha value is -2.11. The molecule has 4 N–H and O–H groups in total. The zero-order valence-corrected chi connectivity index (χ0v) is 23.6. The van der Waals surface area contributed by atoms with Crippen LogP contribution in [-0.4, -0.2) is 49.1 Å². The number of nitrogens with one attached hydrogen (secondary N) is 2. The van der Waals surface area contributed by atoms with Crippen LogP contribution in [0.1, 0.15) is 51.7 Å². The Bertz CT molecular complexity index is 1200. The van der Waals surface area contributed by atoms with Gasteiger partial charge in [0.1, 0.15) is 0 Å². The molecule has 4 rings (SSSR count). The van der Waals surface area contributed by atoms with Crippen LogP contribution < -0.4 is 21.8 Å². The van der Waals surface area contributed by atoms with Crippen molar-refractivity contribution in [3.63, 3.8) is 0 Å². The number of rotatable bonds is 8. The Balaban J connectivity index is 1.31. The van der Waals surface area contributed by atoms with Crippen molar-refractivity contribution in [2.45, 2.75) is 74.2 Å². The van der Waals surface area contributed by atoms with E-state index >= 15 is 0 Å². The van der Waals surface area contributed by atoms with Gasteiger partial charge in [0.15, 0.2) is 16.9 Å². The van der Waals surface area contributed by atoms with Crippen LogP contribution in [0, 0.1) is 0 Å². The molecule has 0 bridgehead atoms. The Morgan fingerprint density at radius 3 is 1.64 bits per heavy atom. The number of thiocarbonyl (C=S) groups is 1. The van der Waals surface area contributed by atoms with Crippen molar-refractivity contribution >= 4 is 40.9 Å². The molecule has 0 aromatic carbocycles. The van der Waals surface area contributed by atoms with E-state index in [1.165, 1.54) is 9.13 Å². The van der Waals surface area contributed by atoms with E-state index in [9.17, 15) is 19.8 Å². The van der Waals surface area contributed by atoms with Gasteiger partial charge in [-0.05, 0) is 65.6 Å². The van der Waals surface area contributed by atoms with Crippen molar-refractivity contribution < 1.29 is 10.2 Å². The van der Waals surface area contributed by atoms with Crippen LogP contribution in [-0.2, 0) is 23.9 Å². The van der Waals surface area contributed by atoms with Crippen LogP contribution in [0.3, 0.4) is 0 Å². The summed E-state index contributed by atoms with van der Waals surface area (Å²) in [6.07, 6.45) is 2.68. The Morgan fingerprint density at radius 1 is 0.861 bits per heavy atom. The first-order valence-electron chi connectivity index (χ1n) is 12.2. The summed E-state index contributed by atoms with van der Waals surface area (Å²) in [7, 11) is 0. The Labute approximate surface area is 224 Å². The van der Waals surface area contributed by atoms with Gasteiger partial charge >= 0.3 is 0 Å². The number of pyridine rings is 2. The van der Waals surface area contributed by atoms with Crippen molar-refractivity contribution in [3.8, 4) is 11.8 Å². The maximum absolute atomic E-state index is 12.7. The average molecular weight is 551 g/mol. The molecule has 0 amide bonds. The molecular weight excluding hydrogens is 517 g/mol. The molecule has 0 spiro atoms. The third-order valence-corrected chi connectivity index (χ3v) is 9.44. The minimum Gasteiger partial charge on any atom is -0.494 e. The molecule has 0 atom stereocenters. The second-order valence-corrected chi connectivity index (χ2v) is 13.2. The van der Waals surface area contributed by atoms with E-state index in [0.717, 1.165) is 45.3 Å². The van der Waals surface area contributed by atoms with Crippen LogP contribution >= 0.6 is 35.7 Å². The van der Waals surface area contributed by atoms with Gasteiger partial charge in [0.05, 0.1) is 0 Å². The van der Waals surface area contributed by atoms with E-state index in [1.807, 2.05) is 27.7 Å². The zero-order chi connectivity index (χ0) is 26.3. The fraction of sp³-hybridized carbons (Fsp3) is 0.560. The predicted octanol–water partition coefficient (Wildman–Crippen LogP) is 3.13. The van der Waals surface area contributed by atoms with Crippen LogP contribution in [0.5, 0.6) is 11.8 Å². The number of aromatic hydroxyl groups is 2. The molecule has 4 heterocycles. The lowest BCUT2D eigenvalue weighted by Crippen LogP contribution is -2.43. The van der Waals surface area contributed by atoms with Gasteiger partial charge in [-0.3, -0.25) is 18.7 Å². The van der Waals surface area contributed by atoms with Crippen LogP contribution in [0.4, 0.5) is 0 Å². The van der Waals surface area contributed by atoms with Crippen LogP contribution in [0.15, 0.2) is 31.5 Å². The molecule has 0 fully saturated rings. The molecule has 2 aliphatic rings. The predicted molar refractivity (Wildman–Crippen MR) is 150 cm³/mol. The highest BCUT2D eigenvalue weighted by Crippen LogP contribution is 2.38. The molecule has 0 aliphatic carbocycles. The molecule has 2 aromatic heterocycles. The molecule has 2 aliphatic heterocycles. The minimum atomic E-state index is -0.599. The molecular formula is C25H34N4O4S3. The van der Waals surface area contributed by atoms with Gasteiger partial charge in [0.2, 0.25) is 0 Å². The van der Waals surface area contributed by atoms with Gasteiger partial charge in [0, 0.05) is 68.7 Å². The van der Waals surface area contributed by atoms with Crippen molar-refractivity contribution in [1.29, 1.82) is 0 Å². The Kier molecular flexibility index (Phi) is 7.73. The summed E-state index contributed by atoms with van der Waals surface area (Å²) in [6.45, 7) is 8.77. The van der Waals surface area contributed by atoms with Crippen molar-refractivity contribution in [2.24, 2.45) is 0 Å². The monoisotopic (exact) mass is 550 g/mol.